The van der Waals surface area contributed by atoms with E-state index in [9.17, 15) is 5.11 Å². The lowest BCUT2D eigenvalue weighted by Crippen LogP contribution is -1.91. The number of hydrogen-bond donors (Lipinski definition) is 1. The quantitative estimate of drug-likeness (QED) is 0.752. The molecular weight excluding hydrogens is 160 g/mol. The van der Waals surface area contributed by atoms with E-state index in [0.717, 1.165) is 24.0 Å². The van der Waals surface area contributed by atoms with Gasteiger partial charge in [0, 0.05) is 0 Å². The Kier molecular flexibility index (Phi) is 3.35. The first-order valence-electron chi connectivity index (χ1n) is 4.94. The van der Waals surface area contributed by atoms with Gasteiger partial charge in [0.25, 0.3) is 0 Å². The molecule has 1 aromatic rings. The first kappa shape index (κ1) is 10.1. The number of unbranched alkanes of at least 4 members (excludes halogenated alkanes) is 1. The van der Waals surface area contributed by atoms with E-state index in [-0.39, 0.29) is 0 Å². The number of hydrogen-bond acceptors (Lipinski definition) is 1. The van der Waals surface area contributed by atoms with Crippen molar-refractivity contribution >= 4 is 0 Å². The van der Waals surface area contributed by atoms with Crippen LogP contribution in [0.15, 0.2) is 12.1 Å². The van der Waals surface area contributed by atoms with E-state index in [2.05, 4.69) is 19.9 Å². The highest BCUT2D eigenvalue weighted by molar-refractivity contribution is 5.42. The molecule has 0 amide bonds. The van der Waals surface area contributed by atoms with Crippen molar-refractivity contribution in [1.82, 2.24) is 0 Å². The molecule has 72 valence electrons. The minimum absolute atomic E-state index is 0.464. The molecule has 0 spiro atoms. The topological polar surface area (TPSA) is 20.2 Å². The van der Waals surface area contributed by atoms with E-state index < -0.39 is 0 Å². The van der Waals surface area contributed by atoms with Crippen molar-refractivity contribution in [2.75, 3.05) is 0 Å². The maximum atomic E-state index is 9.70. The summed E-state index contributed by atoms with van der Waals surface area (Å²) in [5, 5.41) is 9.70. The highest BCUT2D eigenvalue weighted by atomic mass is 16.3. The van der Waals surface area contributed by atoms with Gasteiger partial charge in [-0.05, 0) is 49.4 Å². The summed E-state index contributed by atoms with van der Waals surface area (Å²) in [7, 11) is 0. The van der Waals surface area contributed by atoms with Crippen LogP contribution in [0.25, 0.3) is 0 Å². The molecule has 0 saturated heterocycles. The third-order valence-electron chi connectivity index (χ3n) is 2.37. The van der Waals surface area contributed by atoms with Gasteiger partial charge in [0.2, 0.25) is 0 Å². The lowest BCUT2D eigenvalue weighted by molar-refractivity contribution is 0.465. The van der Waals surface area contributed by atoms with Gasteiger partial charge in [-0.3, -0.25) is 0 Å². The van der Waals surface area contributed by atoms with Crippen LogP contribution < -0.4 is 0 Å². The van der Waals surface area contributed by atoms with Crippen LogP contribution in [-0.2, 0) is 6.42 Å². The van der Waals surface area contributed by atoms with Crippen molar-refractivity contribution in [3.05, 3.63) is 28.8 Å². The smallest absolute Gasteiger partial charge is 0.119 e. The number of aryl methyl sites for hydroxylation is 2. The predicted molar refractivity (Wildman–Crippen MR) is 56.2 cm³/mol. The molecule has 0 saturated carbocycles. The number of phenolic OH excluding ortho intramolecular Hbond substituents is 1. The molecule has 0 unspecified atom stereocenters. The molecule has 0 atom stereocenters. The van der Waals surface area contributed by atoms with Gasteiger partial charge in [0.15, 0.2) is 0 Å². The average Bonchev–Trinajstić information content (AvgIpc) is 2.02. The Balaban J connectivity index is 2.92. The number of aromatic hydroxyl groups is 1. The van der Waals surface area contributed by atoms with Gasteiger partial charge in [-0.25, -0.2) is 0 Å². The molecular formula is C12H18O. The van der Waals surface area contributed by atoms with Crippen molar-refractivity contribution in [2.24, 2.45) is 0 Å². The van der Waals surface area contributed by atoms with Crippen LogP contribution >= 0.6 is 0 Å². The molecule has 0 aliphatic heterocycles. The second-order valence-corrected chi connectivity index (χ2v) is 3.68. The number of phenols is 1. The molecule has 0 heterocycles. The van der Waals surface area contributed by atoms with Crippen LogP contribution in [0.3, 0.4) is 0 Å². The first-order chi connectivity index (χ1) is 6.15. The zero-order valence-corrected chi connectivity index (χ0v) is 8.72. The molecule has 0 aromatic heterocycles. The minimum atomic E-state index is 0.464. The Labute approximate surface area is 80.4 Å². The zero-order valence-electron chi connectivity index (χ0n) is 8.72. The van der Waals surface area contributed by atoms with Gasteiger partial charge in [-0.1, -0.05) is 19.4 Å². The fraction of sp³-hybridized carbons (Fsp3) is 0.500. The summed E-state index contributed by atoms with van der Waals surface area (Å²) in [6.07, 6.45) is 3.32. The Morgan fingerprint density at radius 3 is 2.46 bits per heavy atom. The molecule has 0 bridgehead atoms. The van der Waals surface area contributed by atoms with Gasteiger partial charge < -0.3 is 5.11 Å². The fourth-order valence-electron chi connectivity index (χ4n) is 1.65. The molecule has 0 aliphatic carbocycles. The highest BCUT2D eigenvalue weighted by Gasteiger charge is 2.04. The second-order valence-electron chi connectivity index (χ2n) is 3.68. The highest BCUT2D eigenvalue weighted by Crippen LogP contribution is 2.24. The maximum absolute atomic E-state index is 9.70. The van der Waals surface area contributed by atoms with E-state index in [1.165, 1.54) is 12.0 Å². The van der Waals surface area contributed by atoms with Gasteiger partial charge >= 0.3 is 0 Å². The molecule has 1 N–H and O–H groups in total. The molecule has 1 aromatic carbocycles. The lowest BCUT2D eigenvalue weighted by atomic mass is 10.00. The molecule has 1 rings (SSSR count). The summed E-state index contributed by atoms with van der Waals surface area (Å²) in [5.74, 6) is 0.464. The van der Waals surface area contributed by atoms with Crippen LogP contribution in [0, 0.1) is 13.8 Å². The van der Waals surface area contributed by atoms with E-state index in [0.29, 0.717) is 5.75 Å². The third-order valence-corrected chi connectivity index (χ3v) is 2.37. The fourth-order valence-corrected chi connectivity index (χ4v) is 1.65. The standard InChI is InChI=1S/C12H18O/c1-4-5-6-11-10(3)7-9(2)8-12(11)13/h7-8,13H,4-6H2,1-3H3. The summed E-state index contributed by atoms with van der Waals surface area (Å²) < 4.78 is 0. The van der Waals surface area contributed by atoms with Gasteiger partial charge in [0.05, 0.1) is 0 Å². The Hall–Kier alpha value is -0.980. The van der Waals surface area contributed by atoms with Gasteiger partial charge in [-0.2, -0.15) is 0 Å². The molecule has 0 aliphatic rings. The summed E-state index contributed by atoms with van der Waals surface area (Å²) in [4.78, 5) is 0. The summed E-state index contributed by atoms with van der Waals surface area (Å²) in [5.41, 5.74) is 3.47. The monoisotopic (exact) mass is 178 g/mol. The molecule has 1 nitrogen and oxygen atoms in total. The summed E-state index contributed by atoms with van der Waals surface area (Å²) >= 11 is 0. The normalized spacial score (nSPS) is 10.4. The van der Waals surface area contributed by atoms with E-state index in [1.54, 1.807) is 0 Å². The third kappa shape index (κ3) is 2.48. The number of rotatable bonds is 3. The van der Waals surface area contributed by atoms with Crippen LogP contribution in [0.4, 0.5) is 0 Å². The van der Waals surface area contributed by atoms with Crippen LogP contribution in [0.5, 0.6) is 5.75 Å². The molecule has 0 fully saturated rings. The number of benzene rings is 1. The van der Waals surface area contributed by atoms with Crippen molar-refractivity contribution < 1.29 is 5.11 Å². The Morgan fingerprint density at radius 1 is 1.23 bits per heavy atom. The zero-order chi connectivity index (χ0) is 9.84. The van der Waals surface area contributed by atoms with Crippen molar-refractivity contribution in [1.29, 1.82) is 0 Å². The second kappa shape index (κ2) is 4.31. The minimum Gasteiger partial charge on any atom is -0.508 e. The molecule has 1 heteroatoms. The Morgan fingerprint density at radius 2 is 1.92 bits per heavy atom. The average molecular weight is 178 g/mol. The van der Waals surface area contributed by atoms with Gasteiger partial charge in [-0.15, -0.1) is 0 Å². The lowest BCUT2D eigenvalue weighted by Gasteiger charge is -2.08. The Bertz CT molecular complexity index is 266. The van der Waals surface area contributed by atoms with Crippen molar-refractivity contribution in [2.45, 2.75) is 40.0 Å². The van der Waals surface area contributed by atoms with E-state index in [4.69, 9.17) is 0 Å². The van der Waals surface area contributed by atoms with Crippen LogP contribution in [-0.4, -0.2) is 5.11 Å². The summed E-state index contributed by atoms with van der Waals surface area (Å²) in [6, 6.07) is 3.97. The van der Waals surface area contributed by atoms with E-state index in [1.807, 2.05) is 13.0 Å². The van der Waals surface area contributed by atoms with Crippen LogP contribution in [0.1, 0.15) is 36.5 Å². The SMILES string of the molecule is CCCCc1c(C)cc(C)cc1O. The summed E-state index contributed by atoms with van der Waals surface area (Å²) in [6.45, 7) is 6.24. The van der Waals surface area contributed by atoms with Crippen molar-refractivity contribution in [3.8, 4) is 5.75 Å². The van der Waals surface area contributed by atoms with Crippen molar-refractivity contribution in [3.63, 3.8) is 0 Å². The van der Waals surface area contributed by atoms with Gasteiger partial charge in [0.1, 0.15) is 5.75 Å². The molecule has 0 radical (unpaired) electrons. The van der Waals surface area contributed by atoms with Crippen LogP contribution in [0.2, 0.25) is 0 Å². The maximum Gasteiger partial charge on any atom is 0.119 e. The predicted octanol–water partition coefficient (Wildman–Crippen LogP) is 3.35. The largest absolute Gasteiger partial charge is 0.508 e. The molecule has 13 heavy (non-hydrogen) atoms. The van der Waals surface area contributed by atoms with E-state index >= 15 is 0 Å². The first-order valence-corrected chi connectivity index (χ1v) is 4.94.